The third-order valence-corrected chi connectivity index (χ3v) is 4.13. The van der Waals surface area contributed by atoms with Crippen LogP contribution in [0.15, 0.2) is 11.6 Å². The minimum atomic E-state index is -0.454. The Morgan fingerprint density at radius 3 is 2.81 bits per heavy atom. The van der Waals surface area contributed by atoms with Crippen molar-refractivity contribution in [3.63, 3.8) is 0 Å². The molecule has 0 spiro atoms. The van der Waals surface area contributed by atoms with E-state index in [1.54, 1.807) is 6.08 Å². The molecule has 86 valence electrons. The van der Waals surface area contributed by atoms with Crippen molar-refractivity contribution < 1.29 is 9.90 Å². The van der Waals surface area contributed by atoms with Gasteiger partial charge in [0, 0.05) is 5.41 Å². The SMILES string of the molecule is CC1(C)C(=O)C(C#N)=CC2CC(O)CCC21. The summed E-state index contributed by atoms with van der Waals surface area (Å²) in [6.45, 7) is 3.85. The molecular weight excluding hydrogens is 202 g/mol. The molecule has 0 bridgehead atoms. The first-order valence-electron chi connectivity index (χ1n) is 5.81. The highest BCUT2D eigenvalue weighted by Gasteiger charge is 2.47. The van der Waals surface area contributed by atoms with Gasteiger partial charge in [0.05, 0.1) is 11.7 Å². The summed E-state index contributed by atoms with van der Waals surface area (Å²) in [4.78, 5) is 12.1. The number of fused-ring (bicyclic) bond motifs is 1. The first-order valence-corrected chi connectivity index (χ1v) is 5.81. The van der Waals surface area contributed by atoms with E-state index < -0.39 is 5.41 Å². The summed E-state index contributed by atoms with van der Waals surface area (Å²) in [6.07, 6.45) is 3.84. The lowest BCUT2D eigenvalue weighted by molar-refractivity contribution is -0.129. The van der Waals surface area contributed by atoms with Crippen LogP contribution in [-0.4, -0.2) is 17.0 Å². The van der Waals surface area contributed by atoms with Crippen LogP contribution < -0.4 is 0 Å². The number of carbonyl (C=O) groups excluding carboxylic acids is 1. The van der Waals surface area contributed by atoms with Crippen LogP contribution >= 0.6 is 0 Å². The second-order valence-electron chi connectivity index (χ2n) is 5.48. The van der Waals surface area contributed by atoms with Gasteiger partial charge in [-0.25, -0.2) is 0 Å². The number of rotatable bonds is 0. The Morgan fingerprint density at radius 2 is 2.19 bits per heavy atom. The number of carbonyl (C=O) groups is 1. The highest BCUT2D eigenvalue weighted by atomic mass is 16.3. The molecule has 0 aromatic heterocycles. The number of Topliss-reactive ketones (excluding diaryl/α,β-unsaturated/α-hetero) is 1. The Labute approximate surface area is 95.8 Å². The van der Waals surface area contributed by atoms with Crippen LogP contribution in [0.1, 0.15) is 33.1 Å². The number of ketones is 1. The lowest BCUT2D eigenvalue weighted by Gasteiger charge is -2.44. The van der Waals surface area contributed by atoms with E-state index in [9.17, 15) is 9.90 Å². The van der Waals surface area contributed by atoms with Gasteiger partial charge in [0.25, 0.3) is 0 Å². The maximum Gasteiger partial charge on any atom is 0.178 e. The second kappa shape index (κ2) is 3.71. The van der Waals surface area contributed by atoms with Gasteiger partial charge in [0.2, 0.25) is 0 Å². The van der Waals surface area contributed by atoms with Crippen LogP contribution in [0.25, 0.3) is 0 Å². The highest BCUT2D eigenvalue weighted by Crippen LogP contribution is 2.47. The largest absolute Gasteiger partial charge is 0.393 e. The van der Waals surface area contributed by atoms with Crippen LogP contribution in [0.4, 0.5) is 0 Å². The lowest BCUT2D eigenvalue weighted by atomic mass is 9.59. The Kier molecular flexibility index (Phi) is 2.63. The van der Waals surface area contributed by atoms with Gasteiger partial charge < -0.3 is 5.11 Å². The van der Waals surface area contributed by atoms with Gasteiger partial charge in [0.15, 0.2) is 5.78 Å². The minimum absolute atomic E-state index is 0.0346. The minimum Gasteiger partial charge on any atom is -0.393 e. The molecule has 3 unspecified atom stereocenters. The van der Waals surface area contributed by atoms with Crippen molar-refractivity contribution in [1.29, 1.82) is 5.26 Å². The molecule has 3 heteroatoms. The smallest absolute Gasteiger partial charge is 0.178 e. The van der Waals surface area contributed by atoms with Crippen LogP contribution in [0.5, 0.6) is 0 Å². The van der Waals surface area contributed by atoms with E-state index >= 15 is 0 Å². The first-order chi connectivity index (χ1) is 7.46. The Bertz CT molecular complexity index is 389. The summed E-state index contributed by atoms with van der Waals surface area (Å²) in [5, 5.41) is 18.6. The molecule has 0 aromatic rings. The molecule has 0 amide bonds. The van der Waals surface area contributed by atoms with Crippen LogP contribution in [0.2, 0.25) is 0 Å². The predicted molar refractivity (Wildman–Crippen MR) is 59.3 cm³/mol. The standard InChI is InChI=1S/C13H17NO2/c1-13(2)11-4-3-10(15)6-8(11)5-9(7-14)12(13)16/h5,8,10-11,15H,3-4,6H2,1-2H3. The number of hydrogen-bond donors (Lipinski definition) is 1. The van der Waals surface area contributed by atoms with Crippen LogP contribution in [0, 0.1) is 28.6 Å². The maximum absolute atomic E-state index is 12.1. The summed E-state index contributed by atoms with van der Waals surface area (Å²) in [5.41, 5.74) is -0.176. The molecule has 1 saturated carbocycles. The zero-order valence-electron chi connectivity index (χ0n) is 9.73. The quantitative estimate of drug-likeness (QED) is 0.676. The summed E-state index contributed by atoms with van der Waals surface area (Å²) in [6, 6.07) is 1.99. The fourth-order valence-electron chi connectivity index (χ4n) is 3.16. The Morgan fingerprint density at radius 1 is 1.50 bits per heavy atom. The molecule has 1 fully saturated rings. The Balaban J connectivity index is 2.39. The van der Waals surface area contributed by atoms with E-state index in [4.69, 9.17) is 5.26 Å². The normalized spacial score (nSPS) is 37.2. The molecule has 0 heterocycles. The topological polar surface area (TPSA) is 61.1 Å². The third kappa shape index (κ3) is 1.58. The van der Waals surface area contributed by atoms with E-state index in [1.165, 1.54) is 0 Å². The average Bonchev–Trinajstić information content (AvgIpc) is 2.23. The van der Waals surface area contributed by atoms with Crippen molar-refractivity contribution in [2.75, 3.05) is 0 Å². The van der Waals surface area contributed by atoms with Crippen molar-refractivity contribution in [2.24, 2.45) is 17.3 Å². The summed E-state index contributed by atoms with van der Waals surface area (Å²) < 4.78 is 0. The van der Waals surface area contributed by atoms with E-state index in [2.05, 4.69) is 0 Å². The number of nitrogens with zero attached hydrogens (tertiary/aromatic N) is 1. The van der Waals surface area contributed by atoms with Gasteiger partial charge in [-0.05, 0) is 31.1 Å². The molecule has 0 aromatic carbocycles. The van der Waals surface area contributed by atoms with Crippen LogP contribution in [-0.2, 0) is 4.79 Å². The fourth-order valence-corrected chi connectivity index (χ4v) is 3.16. The fraction of sp³-hybridized carbons (Fsp3) is 0.692. The number of allylic oxidation sites excluding steroid dienone is 2. The highest BCUT2D eigenvalue weighted by molar-refractivity contribution is 6.03. The third-order valence-electron chi connectivity index (χ3n) is 4.13. The molecule has 2 aliphatic carbocycles. The number of nitriles is 1. The van der Waals surface area contributed by atoms with Crippen molar-refractivity contribution in [3.8, 4) is 6.07 Å². The molecule has 0 radical (unpaired) electrons. The van der Waals surface area contributed by atoms with E-state index in [0.29, 0.717) is 6.42 Å². The molecule has 16 heavy (non-hydrogen) atoms. The van der Waals surface area contributed by atoms with Crippen LogP contribution in [0.3, 0.4) is 0 Å². The van der Waals surface area contributed by atoms with Gasteiger partial charge >= 0.3 is 0 Å². The maximum atomic E-state index is 12.1. The second-order valence-corrected chi connectivity index (χ2v) is 5.48. The monoisotopic (exact) mass is 219 g/mol. The number of aliphatic hydroxyl groups excluding tert-OH is 1. The van der Waals surface area contributed by atoms with Crippen molar-refractivity contribution in [1.82, 2.24) is 0 Å². The van der Waals surface area contributed by atoms with E-state index in [-0.39, 0.29) is 29.3 Å². The number of aliphatic hydroxyl groups is 1. The van der Waals surface area contributed by atoms with Gasteiger partial charge in [-0.2, -0.15) is 5.26 Å². The molecule has 2 rings (SSSR count). The Hall–Kier alpha value is -1.14. The molecule has 1 N–H and O–H groups in total. The molecule has 0 aliphatic heterocycles. The van der Waals surface area contributed by atoms with Gasteiger partial charge in [-0.1, -0.05) is 19.9 Å². The first kappa shape index (κ1) is 11.3. The number of hydrogen-bond acceptors (Lipinski definition) is 3. The van der Waals surface area contributed by atoms with E-state index in [1.807, 2.05) is 19.9 Å². The molecule has 3 atom stereocenters. The van der Waals surface area contributed by atoms with E-state index in [0.717, 1.165) is 12.8 Å². The summed E-state index contributed by atoms with van der Waals surface area (Å²) in [7, 11) is 0. The zero-order chi connectivity index (χ0) is 11.9. The van der Waals surface area contributed by atoms with Gasteiger partial charge in [-0.3, -0.25) is 4.79 Å². The van der Waals surface area contributed by atoms with Crippen molar-refractivity contribution in [3.05, 3.63) is 11.6 Å². The lowest BCUT2D eigenvalue weighted by Crippen LogP contribution is -2.44. The molecule has 0 saturated heterocycles. The van der Waals surface area contributed by atoms with Gasteiger partial charge in [0.1, 0.15) is 6.07 Å². The predicted octanol–water partition coefficient (Wildman–Crippen LogP) is 1.82. The molecule has 2 aliphatic rings. The van der Waals surface area contributed by atoms with Crippen molar-refractivity contribution in [2.45, 2.75) is 39.2 Å². The van der Waals surface area contributed by atoms with Gasteiger partial charge in [-0.15, -0.1) is 0 Å². The average molecular weight is 219 g/mol. The zero-order valence-corrected chi connectivity index (χ0v) is 9.73. The molecule has 3 nitrogen and oxygen atoms in total. The molecular formula is C13H17NO2. The summed E-state index contributed by atoms with van der Waals surface area (Å²) >= 11 is 0. The summed E-state index contributed by atoms with van der Waals surface area (Å²) in [5.74, 6) is 0.430. The van der Waals surface area contributed by atoms with Crippen molar-refractivity contribution >= 4 is 5.78 Å².